The minimum Gasteiger partial charge on any atom is -0.503 e. The van der Waals surface area contributed by atoms with Gasteiger partial charge in [-0.2, -0.15) is 0 Å². The Bertz CT molecular complexity index is 1280. The summed E-state index contributed by atoms with van der Waals surface area (Å²) in [7, 11) is 0. The van der Waals surface area contributed by atoms with Crippen LogP contribution in [0.2, 0.25) is 5.02 Å². The molecule has 6 heteroatoms. The predicted molar refractivity (Wildman–Crippen MR) is 136 cm³/mol. The van der Waals surface area contributed by atoms with Crippen LogP contribution >= 0.6 is 11.6 Å². The summed E-state index contributed by atoms with van der Waals surface area (Å²) < 4.78 is 5.62. The van der Waals surface area contributed by atoms with Crippen molar-refractivity contribution in [2.75, 3.05) is 17.2 Å². The van der Waals surface area contributed by atoms with E-state index in [2.05, 4.69) is 41.8 Å². The van der Waals surface area contributed by atoms with Crippen LogP contribution in [0.3, 0.4) is 0 Å². The topological polar surface area (TPSA) is 70.6 Å². The van der Waals surface area contributed by atoms with Crippen LogP contribution in [0.4, 0.5) is 11.4 Å². The number of rotatable bonds is 4. The molecule has 0 saturated carbocycles. The zero-order valence-electron chi connectivity index (χ0n) is 19.2. The Morgan fingerprint density at radius 2 is 1.76 bits per heavy atom. The van der Waals surface area contributed by atoms with Gasteiger partial charge in [0.25, 0.3) is 0 Å². The molecular formula is C28H27ClN2O3. The second-order valence-electron chi connectivity index (χ2n) is 8.86. The molecule has 0 fully saturated rings. The standard InChI is InChI=1S/C28H27ClN2O3/c1-3-34-25-15-19(12-20(29)28(25)33)27-26-23(30-21-6-4-5-7-22(21)31-27)13-18(14-24(26)32)17-10-8-16(2)9-11-17/h4-12,15,18,27,30-31,33H,3,13-14H2,1-2H3. The minimum absolute atomic E-state index is 0.0896. The lowest BCUT2D eigenvalue weighted by Gasteiger charge is -2.30. The fraction of sp³-hybridized carbons (Fsp3) is 0.250. The van der Waals surface area contributed by atoms with Crippen LogP contribution in [0.15, 0.2) is 71.9 Å². The number of ether oxygens (including phenoxy) is 1. The number of allylic oxidation sites excluding steroid dienone is 1. The maximum Gasteiger partial charge on any atom is 0.176 e. The van der Waals surface area contributed by atoms with Crippen molar-refractivity contribution in [1.82, 2.24) is 0 Å². The van der Waals surface area contributed by atoms with Crippen LogP contribution in [0.1, 0.15) is 48.4 Å². The van der Waals surface area contributed by atoms with Crippen LogP contribution in [0, 0.1) is 6.92 Å². The maximum atomic E-state index is 13.7. The number of para-hydroxylation sites is 2. The first-order valence-electron chi connectivity index (χ1n) is 11.5. The van der Waals surface area contributed by atoms with Crippen LogP contribution in [-0.4, -0.2) is 17.5 Å². The van der Waals surface area contributed by atoms with Gasteiger partial charge in [-0.15, -0.1) is 0 Å². The molecule has 2 aliphatic rings. The van der Waals surface area contributed by atoms with Crippen molar-refractivity contribution in [2.45, 2.75) is 38.6 Å². The van der Waals surface area contributed by atoms with Gasteiger partial charge in [-0.3, -0.25) is 4.79 Å². The largest absolute Gasteiger partial charge is 0.503 e. The van der Waals surface area contributed by atoms with Gasteiger partial charge < -0.3 is 20.5 Å². The number of phenols is 1. The number of aryl methyl sites for hydroxylation is 1. The highest BCUT2D eigenvalue weighted by atomic mass is 35.5. The molecule has 3 N–H and O–H groups in total. The van der Waals surface area contributed by atoms with Crippen LogP contribution < -0.4 is 15.4 Å². The van der Waals surface area contributed by atoms with Crippen molar-refractivity contribution >= 4 is 28.8 Å². The summed E-state index contributed by atoms with van der Waals surface area (Å²) in [5.74, 6) is 0.405. The van der Waals surface area contributed by atoms with E-state index in [0.29, 0.717) is 24.4 Å². The number of carbonyl (C=O) groups is 1. The highest BCUT2D eigenvalue weighted by Gasteiger charge is 2.36. The molecule has 0 amide bonds. The van der Waals surface area contributed by atoms with Gasteiger partial charge in [-0.05, 0) is 61.6 Å². The summed E-state index contributed by atoms with van der Waals surface area (Å²) in [6.07, 6.45) is 1.16. The first kappa shape index (κ1) is 22.4. The van der Waals surface area contributed by atoms with Gasteiger partial charge >= 0.3 is 0 Å². The number of ketones is 1. The van der Waals surface area contributed by atoms with Crippen molar-refractivity contribution < 1.29 is 14.6 Å². The van der Waals surface area contributed by atoms with E-state index in [9.17, 15) is 9.90 Å². The number of phenolic OH excluding ortho intramolecular Hbond substituents is 1. The summed E-state index contributed by atoms with van der Waals surface area (Å²) in [6.45, 7) is 4.30. The first-order chi connectivity index (χ1) is 16.4. The minimum atomic E-state index is -0.435. The molecule has 174 valence electrons. The summed E-state index contributed by atoms with van der Waals surface area (Å²) in [4.78, 5) is 13.7. The molecular weight excluding hydrogens is 448 g/mol. The van der Waals surface area contributed by atoms with Crippen molar-refractivity contribution in [3.63, 3.8) is 0 Å². The number of benzene rings is 3. The number of carbonyl (C=O) groups excluding carboxylic acids is 1. The number of hydrogen-bond donors (Lipinski definition) is 3. The summed E-state index contributed by atoms with van der Waals surface area (Å²) in [6, 6.07) is 19.4. The zero-order valence-corrected chi connectivity index (χ0v) is 19.9. The summed E-state index contributed by atoms with van der Waals surface area (Å²) in [5.41, 5.74) is 6.55. The van der Waals surface area contributed by atoms with Crippen molar-refractivity contribution in [2.24, 2.45) is 0 Å². The molecule has 3 aromatic rings. The zero-order chi connectivity index (χ0) is 23.8. The molecule has 1 heterocycles. The Morgan fingerprint density at radius 3 is 2.50 bits per heavy atom. The lowest BCUT2D eigenvalue weighted by Crippen LogP contribution is -2.27. The second kappa shape index (κ2) is 9.07. The average molecular weight is 475 g/mol. The number of Topliss-reactive ketones (excluding diaryl/α,β-unsaturated/α-hetero) is 1. The highest BCUT2D eigenvalue weighted by Crippen LogP contribution is 2.46. The van der Waals surface area contributed by atoms with E-state index in [-0.39, 0.29) is 22.5 Å². The fourth-order valence-electron chi connectivity index (χ4n) is 4.84. The first-order valence-corrected chi connectivity index (χ1v) is 11.9. The Balaban J connectivity index is 1.62. The molecule has 5 rings (SSSR count). The number of nitrogens with one attached hydrogen (secondary N) is 2. The lowest BCUT2D eigenvalue weighted by molar-refractivity contribution is -0.116. The van der Waals surface area contributed by atoms with Gasteiger partial charge in [0.2, 0.25) is 0 Å². The normalized spacial score (nSPS) is 19.4. The van der Waals surface area contributed by atoms with Gasteiger partial charge in [-0.1, -0.05) is 53.6 Å². The third kappa shape index (κ3) is 4.12. The molecule has 2 unspecified atom stereocenters. The van der Waals surface area contributed by atoms with E-state index in [1.54, 1.807) is 12.1 Å². The molecule has 0 radical (unpaired) electrons. The third-order valence-corrected chi connectivity index (χ3v) is 6.83. The number of aromatic hydroxyl groups is 1. The monoisotopic (exact) mass is 474 g/mol. The molecule has 1 aliphatic heterocycles. The summed E-state index contributed by atoms with van der Waals surface area (Å²) in [5, 5.41) is 17.6. The molecule has 2 atom stereocenters. The fourth-order valence-corrected chi connectivity index (χ4v) is 5.06. The van der Waals surface area contributed by atoms with Crippen molar-refractivity contribution in [1.29, 1.82) is 0 Å². The quantitative estimate of drug-likeness (QED) is 0.391. The molecule has 0 saturated heterocycles. The van der Waals surface area contributed by atoms with Crippen LogP contribution in [0.25, 0.3) is 0 Å². The number of anilines is 2. The number of halogens is 1. The van der Waals surface area contributed by atoms with E-state index < -0.39 is 6.04 Å². The molecule has 3 aromatic carbocycles. The van der Waals surface area contributed by atoms with Crippen LogP contribution in [0.5, 0.6) is 11.5 Å². The number of fused-ring (bicyclic) bond motifs is 1. The Morgan fingerprint density at radius 1 is 1.03 bits per heavy atom. The SMILES string of the molecule is CCOc1cc(C2Nc3ccccc3NC3=C2C(=O)CC(c2ccc(C)cc2)C3)cc(Cl)c1O. The Kier molecular flexibility index (Phi) is 5.96. The van der Waals surface area contributed by atoms with Gasteiger partial charge in [0.15, 0.2) is 17.3 Å². The summed E-state index contributed by atoms with van der Waals surface area (Å²) >= 11 is 6.37. The van der Waals surface area contributed by atoms with Gasteiger partial charge in [0.05, 0.1) is 29.0 Å². The van der Waals surface area contributed by atoms with E-state index in [1.807, 2.05) is 31.2 Å². The second-order valence-corrected chi connectivity index (χ2v) is 9.27. The van der Waals surface area contributed by atoms with Crippen molar-refractivity contribution in [3.8, 4) is 11.5 Å². The van der Waals surface area contributed by atoms with Gasteiger partial charge in [0.1, 0.15) is 0 Å². The Labute approximate surface area is 204 Å². The Hall–Kier alpha value is -3.44. The van der Waals surface area contributed by atoms with Crippen molar-refractivity contribution in [3.05, 3.63) is 93.6 Å². The molecule has 0 aromatic heterocycles. The predicted octanol–water partition coefficient (Wildman–Crippen LogP) is 6.73. The average Bonchev–Trinajstić information content (AvgIpc) is 2.99. The number of hydrogen-bond acceptors (Lipinski definition) is 5. The van der Waals surface area contributed by atoms with E-state index >= 15 is 0 Å². The third-order valence-electron chi connectivity index (χ3n) is 6.54. The van der Waals surface area contributed by atoms with Crippen LogP contribution in [-0.2, 0) is 4.79 Å². The molecule has 0 bridgehead atoms. The highest BCUT2D eigenvalue weighted by molar-refractivity contribution is 6.32. The smallest absolute Gasteiger partial charge is 0.176 e. The van der Waals surface area contributed by atoms with E-state index in [1.165, 1.54) is 11.1 Å². The lowest BCUT2D eigenvalue weighted by atomic mass is 9.78. The van der Waals surface area contributed by atoms with E-state index in [4.69, 9.17) is 16.3 Å². The maximum absolute atomic E-state index is 13.7. The van der Waals surface area contributed by atoms with Gasteiger partial charge in [0, 0.05) is 17.7 Å². The van der Waals surface area contributed by atoms with E-state index in [0.717, 1.165) is 29.1 Å². The molecule has 0 spiro atoms. The molecule has 1 aliphatic carbocycles. The molecule has 34 heavy (non-hydrogen) atoms. The van der Waals surface area contributed by atoms with Gasteiger partial charge in [-0.25, -0.2) is 0 Å². The molecule has 5 nitrogen and oxygen atoms in total.